The average molecular weight is 782 g/mol. The molecular weight excluding hydrogens is 739 g/mol. The van der Waals surface area contributed by atoms with Gasteiger partial charge in [0, 0.05) is 39.0 Å². The van der Waals surface area contributed by atoms with E-state index in [9.17, 15) is 0 Å². The summed E-state index contributed by atoms with van der Waals surface area (Å²) in [5, 5.41) is 1.20. The molecule has 0 spiro atoms. The van der Waals surface area contributed by atoms with E-state index in [-0.39, 0.29) is 5.41 Å². The molecule has 0 saturated carbocycles. The van der Waals surface area contributed by atoms with Gasteiger partial charge in [-0.1, -0.05) is 190 Å². The maximum absolute atomic E-state index is 6.45. The highest BCUT2D eigenvalue weighted by atomic mass is 16.3. The molecule has 0 bridgehead atoms. The van der Waals surface area contributed by atoms with Gasteiger partial charge in [-0.15, -0.1) is 0 Å². The second-order valence-corrected chi connectivity index (χ2v) is 16.6. The second kappa shape index (κ2) is 14.9. The zero-order valence-corrected chi connectivity index (χ0v) is 34.2. The van der Waals surface area contributed by atoms with E-state index in [1.54, 1.807) is 0 Å². The van der Waals surface area contributed by atoms with Crippen LogP contribution >= 0.6 is 0 Å². The summed E-state index contributed by atoms with van der Waals surface area (Å²) < 4.78 is 6.45. The SMILES string of the molecule is CC1(C)c2cc(-c3ccc(N(c4ccc(-c5ccc(-c6ccccc6)cc5)cc4)c4ccc(-c5ccc(-c6ccccc6)cc5)cc4)cc3)ccc2-c2oc3ccccc3c21. The highest BCUT2D eigenvalue weighted by molar-refractivity contribution is 5.95. The van der Waals surface area contributed by atoms with Gasteiger partial charge in [0.2, 0.25) is 0 Å². The lowest BCUT2D eigenvalue weighted by atomic mass is 9.80. The molecule has 0 atom stereocenters. The molecule has 1 aliphatic carbocycles. The number of para-hydroxylation sites is 1. The number of anilines is 3. The summed E-state index contributed by atoms with van der Waals surface area (Å²) in [6.07, 6.45) is 0. The molecule has 61 heavy (non-hydrogen) atoms. The van der Waals surface area contributed by atoms with E-state index in [2.05, 4.69) is 237 Å². The fourth-order valence-electron chi connectivity index (χ4n) is 9.26. The summed E-state index contributed by atoms with van der Waals surface area (Å²) in [6, 6.07) is 80.9. The van der Waals surface area contributed by atoms with Crippen molar-refractivity contribution in [2.75, 3.05) is 4.90 Å². The molecule has 9 aromatic carbocycles. The molecule has 290 valence electrons. The van der Waals surface area contributed by atoms with Crippen molar-refractivity contribution >= 4 is 28.0 Å². The number of furan rings is 1. The number of rotatable bonds is 8. The maximum atomic E-state index is 6.45. The van der Waals surface area contributed by atoms with Crippen molar-refractivity contribution in [3.63, 3.8) is 0 Å². The molecule has 11 rings (SSSR count). The van der Waals surface area contributed by atoms with E-state index >= 15 is 0 Å². The van der Waals surface area contributed by atoms with Gasteiger partial charge < -0.3 is 9.32 Å². The average Bonchev–Trinajstić information content (AvgIpc) is 3.83. The van der Waals surface area contributed by atoms with E-state index in [4.69, 9.17) is 4.42 Å². The fourth-order valence-corrected chi connectivity index (χ4v) is 9.26. The molecule has 1 heterocycles. The van der Waals surface area contributed by atoms with Crippen molar-refractivity contribution in [3.05, 3.63) is 236 Å². The van der Waals surface area contributed by atoms with Gasteiger partial charge in [-0.25, -0.2) is 0 Å². The Morgan fingerprint density at radius 1 is 0.344 bits per heavy atom. The molecule has 2 heteroatoms. The first-order valence-electron chi connectivity index (χ1n) is 21.1. The molecule has 2 nitrogen and oxygen atoms in total. The van der Waals surface area contributed by atoms with Gasteiger partial charge in [0.25, 0.3) is 0 Å². The minimum Gasteiger partial charge on any atom is -0.456 e. The zero-order chi connectivity index (χ0) is 40.9. The highest BCUT2D eigenvalue weighted by Crippen LogP contribution is 2.53. The van der Waals surface area contributed by atoms with Gasteiger partial charge in [-0.05, 0) is 110 Å². The van der Waals surface area contributed by atoms with Gasteiger partial charge in [-0.3, -0.25) is 0 Å². The van der Waals surface area contributed by atoms with Crippen molar-refractivity contribution in [2.24, 2.45) is 0 Å². The normalized spacial score (nSPS) is 12.6. The van der Waals surface area contributed by atoms with Crippen molar-refractivity contribution in [2.45, 2.75) is 19.3 Å². The first kappa shape index (κ1) is 36.4. The predicted molar refractivity (Wildman–Crippen MR) is 256 cm³/mol. The molecular formula is C59H43NO. The van der Waals surface area contributed by atoms with E-state index in [0.717, 1.165) is 28.4 Å². The zero-order valence-electron chi connectivity index (χ0n) is 34.2. The summed E-state index contributed by atoms with van der Waals surface area (Å²) in [5.74, 6) is 1.00. The van der Waals surface area contributed by atoms with Crippen LogP contribution in [0.3, 0.4) is 0 Å². The van der Waals surface area contributed by atoms with Gasteiger partial charge in [0.05, 0.1) is 0 Å². The number of hydrogen-bond donors (Lipinski definition) is 0. The van der Waals surface area contributed by atoms with Crippen molar-refractivity contribution in [3.8, 4) is 67.0 Å². The van der Waals surface area contributed by atoms with Crippen LogP contribution in [0.1, 0.15) is 25.0 Å². The standard InChI is InChI=1S/C59H43NO/c1-59(2)55-39-49(31-38-53(55)58-57(59)54-15-9-10-16-56(54)61-58)48-29-36-52(37-30-48)60(50-32-25-46(26-33-50)44-21-17-42(18-22-44)40-11-5-3-6-12-40)51-34-27-47(28-35-51)45-23-19-43(20-24-45)41-13-7-4-8-14-41/h3-39H,1-2H3. The van der Waals surface area contributed by atoms with Crippen molar-refractivity contribution in [1.29, 1.82) is 0 Å². The number of nitrogens with zero attached hydrogens (tertiary/aromatic N) is 1. The molecule has 0 fully saturated rings. The third kappa shape index (κ3) is 6.54. The van der Waals surface area contributed by atoms with Crippen LogP contribution in [0, 0.1) is 0 Å². The summed E-state index contributed by atoms with van der Waals surface area (Å²) in [5.41, 5.74) is 19.9. The van der Waals surface area contributed by atoms with Crippen LogP contribution in [0.25, 0.3) is 77.9 Å². The van der Waals surface area contributed by atoms with E-state index < -0.39 is 0 Å². The van der Waals surface area contributed by atoms with E-state index in [1.807, 2.05) is 6.07 Å². The quantitative estimate of drug-likeness (QED) is 0.153. The van der Waals surface area contributed by atoms with Crippen molar-refractivity contribution in [1.82, 2.24) is 0 Å². The first-order chi connectivity index (χ1) is 30.0. The molecule has 0 N–H and O–H groups in total. The lowest BCUT2D eigenvalue weighted by Crippen LogP contribution is -2.15. The molecule has 0 unspecified atom stereocenters. The van der Waals surface area contributed by atoms with Gasteiger partial charge in [0.15, 0.2) is 0 Å². The topological polar surface area (TPSA) is 16.4 Å². The van der Waals surface area contributed by atoms with Crippen LogP contribution in [0.15, 0.2) is 229 Å². The maximum Gasteiger partial charge on any atom is 0.139 e. The molecule has 10 aromatic rings. The predicted octanol–water partition coefficient (Wildman–Crippen LogP) is 16.5. The summed E-state index contributed by atoms with van der Waals surface area (Å²) in [6.45, 7) is 4.64. The second-order valence-electron chi connectivity index (χ2n) is 16.6. The van der Waals surface area contributed by atoms with Crippen LogP contribution in [0.4, 0.5) is 17.1 Å². The fraction of sp³-hybridized carbons (Fsp3) is 0.0508. The monoisotopic (exact) mass is 781 g/mol. The Balaban J connectivity index is 0.919. The summed E-state index contributed by atoms with van der Waals surface area (Å²) in [7, 11) is 0. The molecule has 1 aliphatic rings. The van der Waals surface area contributed by atoms with E-state index in [1.165, 1.54) is 77.7 Å². The number of benzene rings is 9. The molecule has 1 aromatic heterocycles. The third-order valence-corrected chi connectivity index (χ3v) is 12.5. The van der Waals surface area contributed by atoms with Crippen LogP contribution in [-0.2, 0) is 5.41 Å². The van der Waals surface area contributed by atoms with Gasteiger partial charge >= 0.3 is 0 Å². The number of fused-ring (bicyclic) bond motifs is 5. The lowest BCUT2D eigenvalue weighted by Gasteiger charge is -2.26. The Bertz CT molecular complexity index is 3020. The Morgan fingerprint density at radius 3 is 1.13 bits per heavy atom. The largest absolute Gasteiger partial charge is 0.456 e. The van der Waals surface area contributed by atoms with Gasteiger partial charge in [0.1, 0.15) is 11.3 Å². The Kier molecular flexibility index (Phi) is 8.86. The minimum absolute atomic E-state index is 0.170. The molecule has 0 radical (unpaired) electrons. The summed E-state index contributed by atoms with van der Waals surface area (Å²) in [4.78, 5) is 2.35. The first-order valence-corrected chi connectivity index (χ1v) is 21.1. The van der Waals surface area contributed by atoms with Crippen LogP contribution in [0.2, 0.25) is 0 Å². The van der Waals surface area contributed by atoms with Crippen LogP contribution in [0.5, 0.6) is 0 Å². The third-order valence-electron chi connectivity index (χ3n) is 12.5. The Hall–Kier alpha value is -7.68. The minimum atomic E-state index is -0.170. The Labute approximate surface area is 357 Å². The highest BCUT2D eigenvalue weighted by Gasteiger charge is 2.40. The molecule has 0 saturated heterocycles. The lowest BCUT2D eigenvalue weighted by molar-refractivity contribution is 0.619. The van der Waals surface area contributed by atoms with Crippen molar-refractivity contribution < 1.29 is 4.42 Å². The smallest absolute Gasteiger partial charge is 0.139 e. The Morgan fingerprint density at radius 2 is 0.689 bits per heavy atom. The van der Waals surface area contributed by atoms with Crippen LogP contribution in [-0.4, -0.2) is 0 Å². The molecule has 0 amide bonds. The number of hydrogen-bond acceptors (Lipinski definition) is 2. The van der Waals surface area contributed by atoms with Crippen LogP contribution < -0.4 is 4.90 Å². The summed E-state index contributed by atoms with van der Waals surface area (Å²) >= 11 is 0. The van der Waals surface area contributed by atoms with Gasteiger partial charge in [-0.2, -0.15) is 0 Å². The molecule has 0 aliphatic heterocycles. The van der Waals surface area contributed by atoms with E-state index in [0.29, 0.717) is 0 Å².